The largest absolute Gasteiger partial charge is 0.391 e. The zero-order valence-corrected chi connectivity index (χ0v) is 13.0. The summed E-state index contributed by atoms with van der Waals surface area (Å²) in [5.41, 5.74) is 1.96. The van der Waals surface area contributed by atoms with Crippen molar-refractivity contribution < 1.29 is 9.84 Å². The zero-order valence-electron chi connectivity index (χ0n) is 12.2. The lowest BCUT2D eigenvalue weighted by Gasteiger charge is -2.30. The van der Waals surface area contributed by atoms with Crippen LogP contribution >= 0.6 is 11.3 Å². The lowest BCUT2D eigenvalue weighted by Crippen LogP contribution is -2.36. The number of hydrogen-bond acceptors (Lipinski definition) is 5. The summed E-state index contributed by atoms with van der Waals surface area (Å²) in [5.74, 6) is 0. The molecule has 1 aliphatic rings. The topological polar surface area (TPSA) is 45.6 Å². The molecule has 1 N–H and O–H groups in total. The van der Waals surface area contributed by atoms with Gasteiger partial charge in [0.25, 0.3) is 0 Å². The number of aromatic nitrogens is 1. The van der Waals surface area contributed by atoms with Crippen molar-refractivity contribution in [2.24, 2.45) is 0 Å². The summed E-state index contributed by atoms with van der Waals surface area (Å²) in [5, 5.41) is 10.6. The number of nitrogens with zero attached hydrogens (tertiary/aromatic N) is 2. The second-order valence-corrected chi connectivity index (χ2v) is 6.31. The summed E-state index contributed by atoms with van der Waals surface area (Å²) < 4.78 is 5.42. The van der Waals surface area contributed by atoms with Crippen LogP contribution in [-0.4, -0.2) is 36.4 Å². The first-order valence-corrected chi connectivity index (χ1v) is 8.08. The third kappa shape index (κ3) is 3.10. The van der Waals surface area contributed by atoms with E-state index >= 15 is 0 Å². The molecule has 5 heteroatoms. The molecule has 0 radical (unpaired) electrons. The number of thiazole rings is 1. The van der Waals surface area contributed by atoms with E-state index in [0.29, 0.717) is 6.04 Å². The zero-order chi connectivity index (χ0) is 14.7. The molecule has 2 aromatic rings. The van der Waals surface area contributed by atoms with Gasteiger partial charge in [0.15, 0.2) is 5.13 Å². The van der Waals surface area contributed by atoms with E-state index in [0.717, 1.165) is 47.3 Å². The van der Waals surface area contributed by atoms with Crippen molar-refractivity contribution in [2.45, 2.75) is 25.5 Å². The molecule has 112 valence electrons. The minimum atomic E-state index is 0.0313. The van der Waals surface area contributed by atoms with Crippen molar-refractivity contribution in [3.05, 3.63) is 35.2 Å². The Morgan fingerprint density at radius 3 is 2.67 bits per heavy atom. The number of rotatable bonds is 4. The van der Waals surface area contributed by atoms with Gasteiger partial charge in [-0.05, 0) is 12.8 Å². The molecule has 1 saturated heterocycles. The lowest BCUT2D eigenvalue weighted by molar-refractivity contribution is 0.0855. The van der Waals surface area contributed by atoms with E-state index in [1.54, 1.807) is 11.3 Å². The van der Waals surface area contributed by atoms with Crippen molar-refractivity contribution in [1.82, 2.24) is 4.98 Å². The minimum Gasteiger partial charge on any atom is -0.391 e. The van der Waals surface area contributed by atoms with Crippen molar-refractivity contribution in [3.63, 3.8) is 0 Å². The van der Waals surface area contributed by atoms with E-state index in [4.69, 9.17) is 9.72 Å². The number of hydrogen-bond donors (Lipinski definition) is 1. The first kappa shape index (κ1) is 14.5. The van der Waals surface area contributed by atoms with E-state index in [1.165, 1.54) is 0 Å². The fraction of sp³-hybridized carbons (Fsp3) is 0.438. The van der Waals surface area contributed by atoms with Crippen molar-refractivity contribution >= 4 is 16.5 Å². The highest BCUT2D eigenvalue weighted by atomic mass is 32.1. The molecule has 1 aromatic heterocycles. The SMILES string of the molecule is CN(c1nc(-c2ccccc2)c(CO)s1)C1CCOCC1. The maximum atomic E-state index is 9.62. The third-order valence-corrected chi connectivity index (χ3v) is 5.05. The maximum absolute atomic E-state index is 9.62. The standard InChI is InChI=1S/C16H20N2O2S/c1-18(13-7-9-20-10-8-13)16-17-15(14(11-19)21-16)12-5-3-2-4-6-12/h2-6,13,19H,7-11H2,1H3. The van der Waals surface area contributed by atoms with Gasteiger partial charge >= 0.3 is 0 Å². The Kier molecular flexibility index (Phi) is 4.53. The van der Waals surface area contributed by atoms with Crippen LogP contribution in [0.15, 0.2) is 30.3 Å². The van der Waals surface area contributed by atoms with Crippen molar-refractivity contribution in [1.29, 1.82) is 0 Å². The predicted molar refractivity (Wildman–Crippen MR) is 85.7 cm³/mol. The first-order valence-electron chi connectivity index (χ1n) is 7.26. The van der Waals surface area contributed by atoms with Crippen LogP contribution < -0.4 is 4.90 Å². The number of anilines is 1. The summed E-state index contributed by atoms with van der Waals surface area (Å²) in [4.78, 5) is 7.93. The molecular weight excluding hydrogens is 284 g/mol. The summed E-state index contributed by atoms with van der Waals surface area (Å²) in [7, 11) is 2.09. The quantitative estimate of drug-likeness (QED) is 0.943. The summed E-state index contributed by atoms with van der Waals surface area (Å²) >= 11 is 1.58. The van der Waals surface area contributed by atoms with Crippen LogP contribution in [0.2, 0.25) is 0 Å². The van der Waals surface area contributed by atoms with Crippen LogP contribution in [0.1, 0.15) is 17.7 Å². The van der Waals surface area contributed by atoms with E-state index in [1.807, 2.05) is 30.3 Å². The predicted octanol–water partition coefficient (Wildman–Crippen LogP) is 2.92. The average Bonchev–Trinajstić information content (AvgIpc) is 3.00. The fourth-order valence-electron chi connectivity index (χ4n) is 2.65. The maximum Gasteiger partial charge on any atom is 0.186 e. The minimum absolute atomic E-state index is 0.0313. The number of benzene rings is 1. The van der Waals surface area contributed by atoms with Gasteiger partial charge in [-0.1, -0.05) is 41.7 Å². The number of aliphatic hydroxyl groups is 1. The van der Waals surface area contributed by atoms with Crippen LogP contribution in [0.25, 0.3) is 11.3 Å². The molecule has 3 rings (SSSR count). The second-order valence-electron chi connectivity index (χ2n) is 5.25. The molecule has 1 fully saturated rings. The van der Waals surface area contributed by atoms with Gasteiger partial charge in [-0.15, -0.1) is 0 Å². The Balaban J connectivity index is 1.88. The molecule has 0 unspecified atom stereocenters. The van der Waals surface area contributed by atoms with E-state index in [9.17, 15) is 5.11 Å². The van der Waals surface area contributed by atoms with Crippen LogP contribution in [-0.2, 0) is 11.3 Å². The molecule has 4 nitrogen and oxygen atoms in total. The second kappa shape index (κ2) is 6.56. The molecule has 1 aliphatic heterocycles. The lowest BCUT2D eigenvalue weighted by atomic mass is 10.1. The fourth-order valence-corrected chi connectivity index (χ4v) is 3.62. The Bertz CT molecular complexity index is 579. The van der Waals surface area contributed by atoms with Gasteiger partial charge in [0.05, 0.1) is 17.2 Å². The van der Waals surface area contributed by atoms with Crippen LogP contribution in [0.5, 0.6) is 0 Å². The summed E-state index contributed by atoms with van der Waals surface area (Å²) in [6.07, 6.45) is 2.07. The third-order valence-electron chi connectivity index (χ3n) is 3.92. The molecule has 2 heterocycles. The number of ether oxygens (including phenoxy) is 1. The Morgan fingerprint density at radius 2 is 2.00 bits per heavy atom. The summed E-state index contributed by atoms with van der Waals surface area (Å²) in [6, 6.07) is 10.5. The highest BCUT2D eigenvalue weighted by Crippen LogP contribution is 2.34. The molecule has 0 bridgehead atoms. The van der Waals surface area contributed by atoms with Gasteiger partial charge in [0.1, 0.15) is 0 Å². The number of aliphatic hydroxyl groups excluding tert-OH is 1. The van der Waals surface area contributed by atoms with Crippen LogP contribution in [0.4, 0.5) is 5.13 Å². The van der Waals surface area contributed by atoms with E-state index < -0.39 is 0 Å². The summed E-state index contributed by atoms with van der Waals surface area (Å²) in [6.45, 7) is 1.67. The molecule has 0 atom stereocenters. The molecule has 21 heavy (non-hydrogen) atoms. The van der Waals surface area contributed by atoms with Crippen LogP contribution in [0.3, 0.4) is 0 Å². The van der Waals surface area contributed by atoms with Crippen molar-refractivity contribution in [3.8, 4) is 11.3 Å². The van der Waals surface area contributed by atoms with Crippen molar-refractivity contribution in [2.75, 3.05) is 25.2 Å². The Hall–Kier alpha value is -1.43. The van der Waals surface area contributed by atoms with Gasteiger partial charge in [-0.25, -0.2) is 4.98 Å². The van der Waals surface area contributed by atoms with Gasteiger partial charge in [-0.2, -0.15) is 0 Å². The first-order chi connectivity index (χ1) is 10.3. The molecule has 0 spiro atoms. The molecule has 1 aromatic carbocycles. The smallest absolute Gasteiger partial charge is 0.186 e. The van der Waals surface area contributed by atoms with Gasteiger partial charge in [0.2, 0.25) is 0 Å². The van der Waals surface area contributed by atoms with Crippen LogP contribution in [0, 0.1) is 0 Å². The van der Waals surface area contributed by atoms with Gasteiger partial charge in [0, 0.05) is 31.9 Å². The Morgan fingerprint density at radius 1 is 1.29 bits per heavy atom. The van der Waals surface area contributed by atoms with Gasteiger partial charge in [-0.3, -0.25) is 0 Å². The molecule has 0 aliphatic carbocycles. The van der Waals surface area contributed by atoms with E-state index in [-0.39, 0.29) is 6.61 Å². The highest BCUT2D eigenvalue weighted by Gasteiger charge is 2.22. The molecular formula is C16H20N2O2S. The van der Waals surface area contributed by atoms with E-state index in [2.05, 4.69) is 11.9 Å². The monoisotopic (exact) mass is 304 g/mol. The van der Waals surface area contributed by atoms with Gasteiger partial charge < -0.3 is 14.7 Å². The molecule has 0 amide bonds. The molecule has 0 saturated carbocycles. The Labute approximate surface area is 129 Å². The highest BCUT2D eigenvalue weighted by molar-refractivity contribution is 7.16. The normalized spacial score (nSPS) is 16.1. The average molecular weight is 304 g/mol.